The topological polar surface area (TPSA) is 29.9 Å². The van der Waals surface area contributed by atoms with Crippen molar-refractivity contribution in [3.63, 3.8) is 0 Å². The van der Waals surface area contributed by atoms with Gasteiger partial charge in [-0.05, 0) is 36.7 Å². The van der Waals surface area contributed by atoms with E-state index in [0.717, 1.165) is 13.1 Å². The van der Waals surface area contributed by atoms with Gasteiger partial charge in [-0.25, -0.2) is 0 Å². The number of rotatable bonds is 4. The van der Waals surface area contributed by atoms with Crippen molar-refractivity contribution in [2.45, 2.75) is 20.0 Å². The van der Waals surface area contributed by atoms with Crippen molar-refractivity contribution >= 4 is 10.9 Å². The van der Waals surface area contributed by atoms with Gasteiger partial charge in [-0.1, -0.05) is 24.3 Å². The van der Waals surface area contributed by atoms with Crippen LogP contribution in [0.3, 0.4) is 0 Å². The number of benzene rings is 1. The summed E-state index contributed by atoms with van der Waals surface area (Å²) < 4.78 is 2.30. The van der Waals surface area contributed by atoms with Gasteiger partial charge in [0.05, 0.1) is 0 Å². The predicted molar refractivity (Wildman–Crippen MR) is 82.8 cm³/mol. The smallest absolute Gasteiger partial charge is 0.0491 e. The predicted octanol–water partition coefficient (Wildman–Crippen LogP) is 3.11. The number of nitrogens with one attached hydrogen (secondary N) is 1. The van der Waals surface area contributed by atoms with Crippen LogP contribution in [0.1, 0.15) is 16.7 Å². The minimum absolute atomic E-state index is 0.860. The first kappa shape index (κ1) is 12.9. The maximum Gasteiger partial charge on any atom is 0.0491 e. The molecule has 0 radical (unpaired) electrons. The van der Waals surface area contributed by atoms with Crippen LogP contribution in [-0.2, 0) is 13.1 Å². The number of aryl methyl sites for hydroxylation is 1. The standard InChI is InChI=1S/C17H19N3/c1-13-7-14(9-19-8-13)11-20-12-15(10-18-2)16-5-3-4-6-17(16)20/h3-9,12,18H,10-11H2,1-2H3. The minimum atomic E-state index is 0.860. The Hall–Kier alpha value is -2.13. The van der Waals surface area contributed by atoms with Crippen LogP contribution < -0.4 is 5.32 Å². The maximum absolute atomic E-state index is 4.28. The molecule has 0 amide bonds. The van der Waals surface area contributed by atoms with Gasteiger partial charge in [0.25, 0.3) is 0 Å². The fourth-order valence-electron chi connectivity index (χ4n) is 2.69. The Kier molecular flexibility index (Phi) is 3.52. The Balaban J connectivity index is 2.03. The number of hydrogen-bond donors (Lipinski definition) is 1. The third kappa shape index (κ3) is 2.45. The van der Waals surface area contributed by atoms with Crippen LogP contribution in [0, 0.1) is 6.92 Å². The van der Waals surface area contributed by atoms with Crippen molar-refractivity contribution < 1.29 is 0 Å². The zero-order valence-corrected chi connectivity index (χ0v) is 11.9. The number of nitrogens with zero attached hydrogens (tertiary/aromatic N) is 2. The lowest BCUT2D eigenvalue weighted by atomic mass is 10.2. The molecule has 0 saturated heterocycles. The lowest BCUT2D eigenvalue weighted by Gasteiger charge is -2.05. The number of hydrogen-bond acceptors (Lipinski definition) is 2. The molecule has 2 heterocycles. The number of para-hydroxylation sites is 1. The van der Waals surface area contributed by atoms with Crippen LogP contribution in [0.4, 0.5) is 0 Å². The Morgan fingerprint density at radius 2 is 2.05 bits per heavy atom. The number of fused-ring (bicyclic) bond motifs is 1. The van der Waals surface area contributed by atoms with E-state index in [1.165, 1.54) is 27.6 Å². The van der Waals surface area contributed by atoms with Gasteiger partial charge in [0.15, 0.2) is 0 Å². The van der Waals surface area contributed by atoms with Crippen molar-refractivity contribution in [3.05, 3.63) is 65.6 Å². The van der Waals surface area contributed by atoms with Gasteiger partial charge >= 0.3 is 0 Å². The molecule has 1 N–H and O–H groups in total. The second-order valence-corrected chi connectivity index (χ2v) is 5.20. The Morgan fingerprint density at radius 1 is 1.20 bits per heavy atom. The molecule has 0 atom stereocenters. The number of aromatic nitrogens is 2. The van der Waals surface area contributed by atoms with Crippen molar-refractivity contribution in [2.75, 3.05) is 7.05 Å². The summed E-state index contributed by atoms with van der Waals surface area (Å²) in [5.41, 5.74) is 5.05. The van der Waals surface area contributed by atoms with Gasteiger partial charge in [0, 0.05) is 42.6 Å². The van der Waals surface area contributed by atoms with Crippen LogP contribution in [0.15, 0.2) is 48.9 Å². The first-order valence-corrected chi connectivity index (χ1v) is 6.90. The van der Waals surface area contributed by atoms with Gasteiger partial charge < -0.3 is 9.88 Å². The van der Waals surface area contributed by atoms with E-state index in [1.54, 1.807) is 0 Å². The summed E-state index contributed by atoms with van der Waals surface area (Å²) in [7, 11) is 1.98. The average molecular weight is 265 g/mol. The lowest BCUT2D eigenvalue weighted by Crippen LogP contribution is -2.04. The second-order valence-electron chi connectivity index (χ2n) is 5.20. The molecule has 102 valence electrons. The fraction of sp³-hybridized carbons (Fsp3) is 0.235. The molecule has 0 unspecified atom stereocenters. The van der Waals surface area contributed by atoms with Gasteiger partial charge in [0.1, 0.15) is 0 Å². The van der Waals surface area contributed by atoms with Gasteiger partial charge in [-0.2, -0.15) is 0 Å². The van der Waals surface area contributed by atoms with E-state index in [-0.39, 0.29) is 0 Å². The van der Waals surface area contributed by atoms with Crippen LogP contribution in [0.2, 0.25) is 0 Å². The van der Waals surface area contributed by atoms with E-state index >= 15 is 0 Å². The summed E-state index contributed by atoms with van der Waals surface area (Å²) in [5, 5.41) is 4.56. The SMILES string of the molecule is CNCc1cn(Cc2cncc(C)c2)c2ccccc12. The zero-order valence-electron chi connectivity index (χ0n) is 11.9. The molecule has 0 aliphatic carbocycles. The van der Waals surface area contributed by atoms with E-state index in [9.17, 15) is 0 Å². The molecule has 0 spiro atoms. The van der Waals surface area contributed by atoms with E-state index in [4.69, 9.17) is 0 Å². The summed E-state index contributed by atoms with van der Waals surface area (Å²) >= 11 is 0. The van der Waals surface area contributed by atoms with E-state index < -0.39 is 0 Å². The molecule has 20 heavy (non-hydrogen) atoms. The van der Waals surface area contributed by atoms with Crippen molar-refractivity contribution in [1.82, 2.24) is 14.9 Å². The Labute approximate surface area is 119 Å². The van der Waals surface area contributed by atoms with Gasteiger partial charge in [-0.3, -0.25) is 4.98 Å². The first-order chi connectivity index (χ1) is 9.78. The summed E-state index contributed by atoms with van der Waals surface area (Å²) in [6.07, 6.45) is 6.08. The molecule has 3 rings (SSSR count). The molecule has 0 aliphatic heterocycles. The minimum Gasteiger partial charge on any atom is -0.343 e. The molecule has 0 fully saturated rings. The van der Waals surface area contributed by atoms with E-state index in [1.807, 2.05) is 19.4 Å². The van der Waals surface area contributed by atoms with E-state index in [0.29, 0.717) is 0 Å². The fourth-order valence-corrected chi connectivity index (χ4v) is 2.69. The summed E-state index contributed by atoms with van der Waals surface area (Å²) in [5.74, 6) is 0. The van der Waals surface area contributed by atoms with Crippen LogP contribution in [0.25, 0.3) is 10.9 Å². The average Bonchev–Trinajstić information content (AvgIpc) is 2.78. The third-order valence-corrected chi connectivity index (χ3v) is 3.52. The summed E-state index contributed by atoms with van der Waals surface area (Å²) in [6, 6.07) is 10.8. The molecule has 3 nitrogen and oxygen atoms in total. The molecule has 0 aliphatic rings. The van der Waals surface area contributed by atoms with Crippen molar-refractivity contribution in [3.8, 4) is 0 Å². The zero-order chi connectivity index (χ0) is 13.9. The molecule has 0 bridgehead atoms. The van der Waals surface area contributed by atoms with Gasteiger partial charge in [0.2, 0.25) is 0 Å². The maximum atomic E-state index is 4.28. The highest BCUT2D eigenvalue weighted by Crippen LogP contribution is 2.22. The highest BCUT2D eigenvalue weighted by molar-refractivity contribution is 5.84. The van der Waals surface area contributed by atoms with Crippen LogP contribution in [-0.4, -0.2) is 16.6 Å². The molecular weight excluding hydrogens is 246 g/mol. The van der Waals surface area contributed by atoms with Crippen LogP contribution >= 0.6 is 0 Å². The Morgan fingerprint density at radius 3 is 2.85 bits per heavy atom. The van der Waals surface area contributed by atoms with Crippen LogP contribution in [0.5, 0.6) is 0 Å². The largest absolute Gasteiger partial charge is 0.343 e. The van der Waals surface area contributed by atoms with Crippen molar-refractivity contribution in [2.24, 2.45) is 0 Å². The third-order valence-electron chi connectivity index (χ3n) is 3.52. The summed E-state index contributed by atoms with van der Waals surface area (Å²) in [4.78, 5) is 4.28. The highest BCUT2D eigenvalue weighted by Gasteiger charge is 2.07. The first-order valence-electron chi connectivity index (χ1n) is 6.90. The van der Waals surface area contributed by atoms with E-state index in [2.05, 4.69) is 58.3 Å². The van der Waals surface area contributed by atoms with Gasteiger partial charge in [-0.15, -0.1) is 0 Å². The Bertz CT molecular complexity index is 728. The normalized spacial score (nSPS) is 11.1. The highest BCUT2D eigenvalue weighted by atomic mass is 15.0. The lowest BCUT2D eigenvalue weighted by molar-refractivity contribution is 0.793. The molecule has 3 aromatic rings. The molecule has 2 aromatic heterocycles. The summed E-state index contributed by atoms with van der Waals surface area (Å²) in [6.45, 7) is 3.83. The van der Waals surface area contributed by atoms with Crippen molar-refractivity contribution in [1.29, 1.82) is 0 Å². The molecule has 3 heteroatoms. The number of pyridine rings is 1. The quantitative estimate of drug-likeness (QED) is 0.785. The molecule has 0 saturated carbocycles. The molecule has 1 aromatic carbocycles. The monoisotopic (exact) mass is 265 g/mol. The second kappa shape index (κ2) is 5.47. The molecular formula is C17H19N3.